The number of halogens is 1. The van der Waals surface area contributed by atoms with Gasteiger partial charge in [0.05, 0.1) is 0 Å². The zero-order chi connectivity index (χ0) is 15.4. The zero-order valence-electron chi connectivity index (χ0n) is 12.9. The van der Waals surface area contributed by atoms with Crippen LogP contribution in [0.1, 0.15) is 25.0 Å². The van der Waals surface area contributed by atoms with E-state index in [2.05, 4.69) is 77.3 Å². The minimum atomic E-state index is 0.147. The Balaban J connectivity index is 2.34. The van der Waals surface area contributed by atoms with E-state index in [-0.39, 0.29) is 6.04 Å². The van der Waals surface area contributed by atoms with Crippen molar-refractivity contribution in [1.82, 2.24) is 0 Å². The average Bonchev–Trinajstić information content (AvgIpc) is 2.46. The van der Waals surface area contributed by atoms with E-state index in [0.717, 1.165) is 17.3 Å². The Labute approximate surface area is 136 Å². The molecule has 0 heterocycles. The Bertz CT molecular complexity index is 591. The molecule has 1 atom stereocenters. The van der Waals surface area contributed by atoms with Crippen molar-refractivity contribution >= 4 is 27.3 Å². The van der Waals surface area contributed by atoms with Gasteiger partial charge in [0.15, 0.2) is 0 Å². The summed E-state index contributed by atoms with van der Waals surface area (Å²) in [6.07, 6.45) is 1.93. The summed E-state index contributed by atoms with van der Waals surface area (Å²) in [7, 11) is 2.11. The molecule has 0 aliphatic carbocycles. The van der Waals surface area contributed by atoms with Gasteiger partial charge in [0.2, 0.25) is 0 Å². The van der Waals surface area contributed by atoms with E-state index < -0.39 is 0 Å². The molecule has 0 bridgehead atoms. The second kappa shape index (κ2) is 7.10. The van der Waals surface area contributed by atoms with Crippen LogP contribution in [0.25, 0.3) is 0 Å². The molecule has 0 radical (unpaired) electrons. The predicted octanol–water partition coefficient (Wildman–Crippen LogP) is 4.67. The summed E-state index contributed by atoms with van der Waals surface area (Å²) in [5, 5.41) is 0. The quantitative estimate of drug-likeness (QED) is 0.852. The Hall–Kier alpha value is -1.32. The van der Waals surface area contributed by atoms with Crippen LogP contribution in [0.5, 0.6) is 0 Å². The van der Waals surface area contributed by atoms with E-state index in [4.69, 9.17) is 5.73 Å². The molecule has 3 heteroatoms. The Kier molecular flexibility index (Phi) is 5.43. The molecule has 21 heavy (non-hydrogen) atoms. The van der Waals surface area contributed by atoms with Gasteiger partial charge in [-0.05, 0) is 61.2 Å². The summed E-state index contributed by atoms with van der Waals surface area (Å²) in [5.41, 5.74) is 11.0. The van der Waals surface area contributed by atoms with Crippen LogP contribution < -0.4 is 10.6 Å². The third kappa shape index (κ3) is 4.08. The fourth-order valence-corrected chi connectivity index (χ4v) is 2.89. The first-order valence-electron chi connectivity index (χ1n) is 7.38. The van der Waals surface area contributed by atoms with Gasteiger partial charge in [-0.3, -0.25) is 0 Å². The second-order valence-electron chi connectivity index (χ2n) is 5.53. The Morgan fingerprint density at radius 3 is 2.38 bits per heavy atom. The van der Waals surface area contributed by atoms with E-state index in [9.17, 15) is 0 Å². The summed E-state index contributed by atoms with van der Waals surface area (Å²) < 4.78 is 1.09. The van der Waals surface area contributed by atoms with Crippen LogP contribution in [0.15, 0.2) is 46.9 Å². The van der Waals surface area contributed by atoms with Crippen LogP contribution in [0, 0.1) is 0 Å². The van der Waals surface area contributed by atoms with Gasteiger partial charge >= 0.3 is 0 Å². The van der Waals surface area contributed by atoms with Crippen molar-refractivity contribution < 1.29 is 0 Å². The molecule has 2 rings (SSSR count). The lowest BCUT2D eigenvalue weighted by Gasteiger charge is -2.24. The standard InChI is InChI=1S/C18H23BrN2/c1-4-14-5-8-17(9-6-14)21(3)18-10-7-16(19)12-15(18)11-13(2)20/h5-10,12-13H,4,11,20H2,1-3H3. The zero-order valence-corrected chi connectivity index (χ0v) is 14.5. The number of anilines is 2. The SMILES string of the molecule is CCc1ccc(N(C)c2ccc(Br)cc2CC(C)N)cc1. The summed E-state index contributed by atoms with van der Waals surface area (Å²) in [6, 6.07) is 15.3. The number of nitrogens with zero attached hydrogens (tertiary/aromatic N) is 1. The molecule has 0 aliphatic rings. The lowest BCUT2D eigenvalue weighted by atomic mass is 10.0. The van der Waals surface area contributed by atoms with E-state index in [1.807, 2.05) is 6.92 Å². The molecule has 0 amide bonds. The Morgan fingerprint density at radius 2 is 1.81 bits per heavy atom. The summed E-state index contributed by atoms with van der Waals surface area (Å²) in [4.78, 5) is 2.23. The fraction of sp³-hybridized carbons (Fsp3) is 0.333. The van der Waals surface area contributed by atoms with Crippen LogP contribution >= 0.6 is 15.9 Å². The first-order chi connectivity index (χ1) is 10.0. The van der Waals surface area contributed by atoms with Crippen molar-refractivity contribution in [3.63, 3.8) is 0 Å². The minimum Gasteiger partial charge on any atom is -0.344 e. The number of rotatable bonds is 5. The van der Waals surface area contributed by atoms with Crippen LogP contribution in [0.4, 0.5) is 11.4 Å². The molecule has 2 aromatic rings. The van der Waals surface area contributed by atoms with Crippen molar-refractivity contribution in [3.8, 4) is 0 Å². The summed E-state index contributed by atoms with van der Waals surface area (Å²) in [6.45, 7) is 4.22. The van der Waals surface area contributed by atoms with Gasteiger partial charge in [-0.15, -0.1) is 0 Å². The average molecular weight is 347 g/mol. The van der Waals surface area contributed by atoms with E-state index in [1.165, 1.54) is 22.5 Å². The van der Waals surface area contributed by atoms with E-state index in [1.54, 1.807) is 0 Å². The number of aryl methyl sites for hydroxylation is 1. The first-order valence-corrected chi connectivity index (χ1v) is 8.17. The van der Waals surface area contributed by atoms with Crippen molar-refractivity contribution in [2.24, 2.45) is 5.73 Å². The van der Waals surface area contributed by atoms with Gasteiger partial charge in [0.25, 0.3) is 0 Å². The lowest BCUT2D eigenvalue weighted by Crippen LogP contribution is -2.20. The number of nitrogens with two attached hydrogens (primary N) is 1. The molecule has 112 valence electrons. The molecular formula is C18H23BrN2. The Morgan fingerprint density at radius 1 is 1.14 bits per heavy atom. The van der Waals surface area contributed by atoms with Gasteiger partial charge in [-0.2, -0.15) is 0 Å². The molecule has 0 aliphatic heterocycles. The van der Waals surface area contributed by atoms with Crippen LogP contribution in [0.3, 0.4) is 0 Å². The van der Waals surface area contributed by atoms with E-state index >= 15 is 0 Å². The monoisotopic (exact) mass is 346 g/mol. The van der Waals surface area contributed by atoms with E-state index in [0.29, 0.717) is 0 Å². The maximum Gasteiger partial charge on any atom is 0.0442 e. The van der Waals surface area contributed by atoms with Crippen molar-refractivity contribution in [2.75, 3.05) is 11.9 Å². The summed E-state index contributed by atoms with van der Waals surface area (Å²) >= 11 is 3.55. The molecule has 0 saturated heterocycles. The molecular weight excluding hydrogens is 324 g/mol. The highest BCUT2D eigenvalue weighted by Crippen LogP contribution is 2.30. The number of benzene rings is 2. The lowest BCUT2D eigenvalue weighted by molar-refractivity contribution is 0.737. The van der Waals surface area contributed by atoms with Crippen LogP contribution in [-0.4, -0.2) is 13.1 Å². The smallest absolute Gasteiger partial charge is 0.0442 e. The first kappa shape index (κ1) is 16.1. The molecule has 0 spiro atoms. The molecule has 0 saturated carbocycles. The van der Waals surface area contributed by atoms with Crippen molar-refractivity contribution in [1.29, 1.82) is 0 Å². The van der Waals surface area contributed by atoms with Gasteiger partial charge in [-0.25, -0.2) is 0 Å². The van der Waals surface area contributed by atoms with Crippen molar-refractivity contribution in [3.05, 3.63) is 58.1 Å². The van der Waals surface area contributed by atoms with Crippen LogP contribution in [0.2, 0.25) is 0 Å². The largest absolute Gasteiger partial charge is 0.344 e. The molecule has 1 unspecified atom stereocenters. The number of hydrogen-bond donors (Lipinski definition) is 1. The maximum absolute atomic E-state index is 5.99. The third-order valence-electron chi connectivity index (χ3n) is 3.68. The van der Waals surface area contributed by atoms with Gasteiger partial charge < -0.3 is 10.6 Å². The van der Waals surface area contributed by atoms with Gasteiger partial charge in [0.1, 0.15) is 0 Å². The second-order valence-corrected chi connectivity index (χ2v) is 6.45. The minimum absolute atomic E-state index is 0.147. The van der Waals surface area contributed by atoms with Gasteiger partial charge in [-0.1, -0.05) is 35.0 Å². The highest BCUT2D eigenvalue weighted by molar-refractivity contribution is 9.10. The molecule has 2 nitrogen and oxygen atoms in total. The predicted molar refractivity (Wildman–Crippen MR) is 95.4 cm³/mol. The summed E-state index contributed by atoms with van der Waals surface area (Å²) in [5.74, 6) is 0. The van der Waals surface area contributed by atoms with Gasteiger partial charge in [0, 0.05) is 28.9 Å². The molecule has 0 fully saturated rings. The van der Waals surface area contributed by atoms with Crippen molar-refractivity contribution in [2.45, 2.75) is 32.7 Å². The topological polar surface area (TPSA) is 29.3 Å². The highest BCUT2D eigenvalue weighted by atomic mass is 79.9. The van der Waals surface area contributed by atoms with Crippen LogP contribution in [-0.2, 0) is 12.8 Å². The number of hydrogen-bond acceptors (Lipinski definition) is 2. The fourth-order valence-electron chi connectivity index (χ4n) is 2.49. The molecule has 2 aromatic carbocycles. The molecule has 2 N–H and O–H groups in total. The highest BCUT2D eigenvalue weighted by Gasteiger charge is 2.11. The normalized spacial score (nSPS) is 12.2. The maximum atomic E-state index is 5.99. The third-order valence-corrected chi connectivity index (χ3v) is 4.17. The molecule has 0 aromatic heterocycles.